The van der Waals surface area contributed by atoms with E-state index >= 15 is 0 Å². The quantitative estimate of drug-likeness (QED) is 0.185. The fraction of sp³-hybridized carbons (Fsp3) is 0.350. The van der Waals surface area contributed by atoms with Gasteiger partial charge in [-0.2, -0.15) is 15.7 Å². The Kier molecular flexibility index (Phi) is 10.4. The highest BCUT2D eigenvalue weighted by Gasteiger charge is 2.32. The lowest BCUT2D eigenvalue weighted by Gasteiger charge is -2.22. The number of para-hydroxylation sites is 1. The molecule has 1 saturated heterocycles. The van der Waals surface area contributed by atoms with E-state index in [9.17, 15) is 24.4 Å². The Hall–Kier alpha value is -5.21. The lowest BCUT2D eigenvalue weighted by Crippen LogP contribution is -2.52. The third-order valence-electron chi connectivity index (χ3n) is 9.16. The highest BCUT2D eigenvalue weighted by Crippen LogP contribution is 2.44. The van der Waals surface area contributed by atoms with E-state index in [1.54, 1.807) is 39.1 Å². The molecule has 2 N–H and O–H groups in total. The Morgan fingerprint density at radius 3 is 2.16 bits per heavy atom. The number of hydrogen-bond donors (Lipinski definition) is 2. The molecule has 0 bridgehead atoms. The Balaban J connectivity index is 1.20. The van der Waals surface area contributed by atoms with Gasteiger partial charge in [-0.15, -0.1) is 0 Å². The molecule has 6 rings (SSSR count). The first kappa shape index (κ1) is 35.6. The second-order valence-electron chi connectivity index (χ2n) is 13.9. The van der Waals surface area contributed by atoms with E-state index < -0.39 is 52.0 Å². The highest BCUT2D eigenvalue weighted by atomic mass is 32.2. The Bertz CT molecular complexity index is 2030. The first-order chi connectivity index (χ1) is 24.4. The first-order valence-corrected chi connectivity index (χ1v) is 18.7. The monoisotopic (exact) mass is 706 g/mol. The molecule has 1 aromatic heterocycles. The molecule has 51 heavy (non-hydrogen) atoms. The summed E-state index contributed by atoms with van der Waals surface area (Å²) in [6.45, 7) is 6.94. The summed E-state index contributed by atoms with van der Waals surface area (Å²) < 4.78 is 12.7. The standard InChI is InChI=1S/C40H42N4O6S/c1-25(42-38(47)49-24-32-30-16-7-5-14-28(30)29-15-6-8-17-31(29)32)37(46)43-33(36(45)35(22-41)51-19-11-12-20-51)21-26-23-44(39(48)50-40(2,3)4)34-18-10-9-13-27(26)34/h5-10,13-18,23,25,32-33H,11-12,19-21,24H2,1-4H3,(H,42,47)(H,43,46)/t25-,33-/m0/s1. The maximum Gasteiger partial charge on any atom is 0.419 e. The number of alkyl carbamates (subject to hydrolysis) is 1. The van der Waals surface area contributed by atoms with Crippen LogP contribution in [0.1, 0.15) is 63.1 Å². The summed E-state index contributed by atoms with van der Waals surface area (Å²) in [6, 6.07) is 23.3. The second kappa shape index (κ2) is 15.0. The van der Waals surface area contributed by atoms with Crippen molar-refractivity contribution >= 4 is 50.1 Å². The van der Waals surface area contributed by atoms with Gasteiger partial charge in [0.2, 0.25) is 11.7 Å². The zero-order valence-electron chi connectivity index (χ0n) is 29.2. The molecule has 4 aromatic rings. The average molecular weight is 707 g/mol. The largest absolute Gasteiger partial charge is 0.449 e. The van der Waals surface area contributed by atoms with Crippen LogP contribution in [0.15, 0.2) is 79.0 Å². The molecule has 1 fully saturated rings. The highest BCUT2D eigenvalue weighted by molar-refractivity contribution is 8.17. The van der Waals surface area contributed by atoms with Crippen molar-refractivity contribution in [1.82, 2.24) is 15.2 Å². The minimum atomic E-state index is -1.12. The number of aromatic nitrogens is 1. The minimum Gasteiger partial charge on any atom is -0.449 e. The van der Waals surface area contributed by atoms with Crippen molar-refractivity contribution in [2.75, 3.05) is 18.1 Å². The molecule has 0 spiro atoms. The van der Waals surface area contributed by atoms with Crippen molar-refractivity contribution in [3.05, 3.63) is 95.7 Å². The number of carbonyl (C=O) groups excluding carboxylic acids is 4. The third-order valence-corrected chi connectivity index (χ3v) is 11.6. The number of fused-ring (bicyclic) bond motifs is 4. The van der Waals surface area contributed by atoms with E-state index in [0.29, 0.717) is 16.5 Å². The molecule has 0 unspecified atom stereocenters. The van der Waals surface area contributed by atoms with Crippen molar-refractivity contribution in [2.45, 2.75) is 70.6 Å². The maximum atomic E-state index is 14.1. The van der Waals surface area contributed by atoms with Gasteiger partial charge in [-0.3, -0.25) is 14.2 Å². The summed E-state index contributed by atoms with van der Waals surface area (Å²) in [5, 5.41) is 16.3. The van der Waals surface area contributed by atoms with Gasteiger partial charge in [0.05, 0.1) is 11.6 Å². The third kappa shape index (κ3) is 7.76. The molecule has 10 nitrogen and oxygen atoms in total. The molecule has 3 aromatic carbocycles. The van der Waals surface area contributed by atoms with Crippen LogP contribution in [-0.4, -0.2) is 69.1 Å². The fourth-order valence-electron chi connectivity index (χ4n) is 6.76. The number of ketones is 1. The summed E-state index contributed by atoms with van der Waals surface area (Å²) in [5.74, 6) is 0.303. The van der Waals surface area contributed by atoms with E-state index in [0.717, 1.165) is 46.6 Å². The zero-order chi connectivity index (χ0) is 36.3. The molecule has 1 aliphatic heterocycles. The number of nitriles is 1. The minimum absolute atomic E-state index is 0.0148. The molecular weight excluding hydrogens is 665 g/mol. The molecule has 2 aliphatic rings. The molecule has 0 saturated carbocycles. The lowest BCUT2D eigenvalue weighted by molar-refractivity contribution is -0.126. The number of nitrogens with one attached hydrogen (secondary N) is 2. The van der Waals surface area contributed by atoms with Crippen LogP contribution >= 0.6 is 10.5 Å². The number of ether oxygens (including phenoxy) is 2. The number of hydrogen-bond acceptors (Lipinski definition) is 7. The summed E-state index contributed by atoms with van der Waals surface area (Å²) in [4.78, 5) is 54.1. The average Bonchev–Trinajstić information content (AvgIpc) is 3.84. The fourth-order valence-corrected chi connectivity index (χ4v) is 9.04. The van der Waals surface area contributed by atoms with Crippen LogP contribution in [0, 0.1) is 11.3 Å². The number of benzene rings is 3. The van der Waals surface area contributed by atoms with Crippen LogP contribution in [0.3, 0.4) is 0 Å². The van der Waals surface area contributed by atoms with Gasteiger partial charge in [0.25, 0.3) is 0 Å². The van der Waals surface area contributed by atoms with Crippen molar-refractivity contribution < 1.29 is 28.7 Å². The molecule has 11 heteroatoms. The van der Waals surface area contributed by atoms with E-state index in [-0.39, 0.29) is 23.8 Å². The van der Waals surface area contributed by atoms with Gasteiger partial charge in [-0.25, -0.2) is 9.59 Å². The summed E-state index contributed by atoms with van der Waals surface area (Å²) in [7, 11) is -0.499. The van der Waals surface area contributed by atoms with Gasteiger partial charge in [0.15, 0.2) is 0 Å². The normalized spacial score (nSPS) is 15.3. The number of carbonyl (C=O) groups is 4. The van der Waals surface area contributed by atoms with Crippen LogP contribution in [-0.2, 0) is 25.5 Å². The van der Waals surface area contributed by atoms with Crippen LogP contribution in [0.25, 0.3) is 22.0 Å². The predicted molar refractivity (Wildman–Crippen MR) is 199 cm³/mol. The van der Waals surface area contributed by atoms with Crippen molar-refractivity contribution in [1.29, 1.82) is 5.26 Å². The van der Waals surface area contributed by atoms with Gasteiger partial charge in [-0.1, -0.05) is 66.7 Å². The van der Waals surface area contributed by atoms with Gasteiger partial charge in [-0.05, 0) is 85.9 Å². The van der Waals surface area contributed by atoms with E-state index in [1.807, 2.05) is 48.5 Å². The molecular formula is C40H42N4O6S. The topological polar surface area (TPSA) is 140 Å². The van der Waals surface area contributed by atoms with Crippen molar-refractivity contribution in [3.8, 4) is 17.2 Å². The van der Waals surface area contributed by atoms with E-state index in [4.69, 9.17) is 9.47 Å². The smallest absolute Gasteiger partial charge is 0.419 e. The first-order valence-electron chi connectivity index (χ1n) is 17.2. The molecule has 2 heterocycles. The predicted octanol–water partition coefficient (Wildman–Crippen LogP) is 6.71. The van der Waals surface area contributed by atoms with Crippen LogP contribution in [0.4, 0.5) is 9.59 Å². The number of amides is 2. The van der Waals surface area contributed by atoms with Crippen LogP contribution < -0.4 is 10.6 Å². The SMILES string of the molecule is C[C@H](NC(=O)OCC1c2ccccc2-c2ccccc21)C(=O)N[C@@H](Cc1cn(C(=O)OC(C)(C)C)c2ccccc12)C(=O)C(C#N)=S1CCCC1. The van der Waals surface area contributed by atoms with Gasteiger partial charge >= 0.3 is 12.2 Å². The zero-order valence-corrected chi connectivity index (χ0v) is 30.0. The molecule has 1 aliphatic carbocycles. The second-order valence-corrected chi connectivity index (χ2v) is 16.1. The number of nitrogens with zero attached hydrogens (tertiary/aromatic N) is 2. The summed E-state index contributed by atoms with van der Waals surface area (Å²) in [5.41, 5.74) is 4.83. The van der Waals surface area contributed by atoms with E-state index in [2.05, 4.69) is 28.8 Å². The Labute approximate surface area is 300 Å². The van der Waals surface area contributed by atoms with Gasteiger partial charge < -0.3 is 20.1 Å². The molecule has 264 valence electrons. The number of Topliss-reactive ketones (excluding diaryl/α,β-unsaturated/α-hetero) is 1. The van der Waals surface area contributed by atoms with Gasteiger partial charge in [0.1, 0.15) is 29.2 Å². The Morgan fingerprint density at radius 2 is 1.53 bits per heavy atom. The van der Waals surface area contributed by atoms with Crippen LogP contribution in [0.5, 0.6) is 0 Å². The summed E-state index contributed by atoms with van der Waals surface area (Å²) >= 11 is 0. The van der Waals surface area contributed by atoms with Crippen molar-refractivity contribution in [2.24, 2.45) is 0 Å². The summed E-state index contributed by atoms with van der Waals surface area (Å²) in [6.07, 6.45) is 2.16. The van der Waals surface area contributed by atoms with Gasteiger partial charge in [0, 0.05) is 23.9 Å². The van der Waals surface area contributed by atoms with E-state index in [1.165, 1.54) is 11.5 Å². The maximum absolute atomic E-state index is 14.1. The molecule has 2 atom stereocenters. The molecule has 0 radical (unpaired) electrons. The number of rotatable bonds is 9. The molecule has 2 amide bonds. The van der Waals surface area contributed by atoms with Crippen molar-refractivity contribution in [3.63, 3.8) is 0 Å². The lowest BCUT2D eigenvalue weighted by atomic mass is 9.98. The van der Waals surface area contributed by atoms with Crippen LogP contribution in [0.2, 0.25) is 0 Å². The Morgan fingerprint density at radius 1 is 0.922 bits per heavy atom.